The Balaban J connectivity index is 1.83. The minimum absolute atomic E-state index is 0.178. The molecule has 0 bridgehead atoms. The summed E-state index contributed by atoms with van der Waals surface area (Å²) in [7, 11) is 0. The molecule has 1 aromatic carbocycles. The molecular weight excluding hydrogens is 254 g/mol. The highest BCUT2D eigenvalue weighted by Gasteiger charge is 2.27. The number of ether oxygens (including phenoxy) is 1. The van der Waals surface area contributed by atoms with Crippen molar-refractivity contribution in [3.8, 4) is 0 Å². The Morgan fingerprint density at radius 1 is 1.45 bits per heavy atom. The molecule has 2 rings (SSSR count). The summed E-state index contributed by atoms with van der Waals surface area (Å²) in [4.78, 5) is 13.8. The lowest BCUT2D eigenvalue weighted by Gasteiger charge is -2.34. The molecule has 20 heavy (non-hydrogen) atoms. The van der Waals surface area contributed by atoms with Gasteiger partial charge in [-0.3, -0.25) is 0 Å². The van der Waals surface area contributed by atoms with E-state index in [0.29, 0.717) is 19.1 Å². The van der Waals surface area contributed by atoms with Crippen LogP contribution in [0, 0.1) is 11.8 Å². The third-order valence-electron chi connectivity index (χ3n) is 4.01. The zero-order valence-electron chi connectivity index (χ0n) is 12.0. The molecule has 1 saturated heterocycles. The summed E-state index contributed by atoms with van der Waals surface area (Å²) < 4.78 is 5.35. The Morgan fingerprint density at radius 2 is 2.20 bits per heavy atom. The van der Waals surface area contributed by atoms with Crippen LogP contribution in [0.2, 0.25) is 0 Å². The van der Waals surface area contributed by atoms with Crippen molar-refractivity contribution in [2.45, 2.75) is 26.4 Å². The van der Waals surface area contributed by atoms with Gasteiger partial charge in [0, 0.05) is 19.7 Å². The first-order valence-corrected chi connectivity index (χ1v) is 7.27. The van der Waals surface area contributed by atoms with Gasteiger partial charge in [0.2, 0.25) is 0 Å². The van der Waals surface area contributed by atoms with Gasteiger partial charge in [-0.25, -0.2) is 4.79 Å². The highest BCUT2D eigenvalue weighted by atomic mass is 16.6. The molecular formula is C16H23NO3. The monoisotopic (exact) mass is 277 g/mol. The van der Waals surface area contributed by atoms with E-state index in [2.05, 4.69) is 0 Å². The van der Waals surface area contributed by atoms with Crippen molar-refractivity contribution in [1.82, 2.24) is 4.90 Å². The summed E-state index contributed by atoms with van der Waals surface area (Å²) in [5.41, 5.74) is 0.998. The Bertz CT molecular complexity index is 421. The van der Waals surface area contributed by atoms with Gasteiger partial charge in [-0.15, -0.1) is 0 Å². The van der Waals surface area contributed by atoms with Gasteiger partial charge in [0.05, 0.1) is 0 Å². The molecule has 1 N–H and O–H groups in total. The highest BCUT2D eigenvalue weighted by Crippen LogP contribution is 2.24. The molecule has 1 fully saturated rings. The normalized spacial score (nSPS) is 20.5. The maximum absolute atomic E-state index is 12.1. The van der Waals surface area contributed by atoms with Gasteiger partial charge in [-0.2, -0.15) is 0 Å². The van der Waals surface area contributed by atoms with Crippen molar-refractivity contribution in [3.05, 3.63) is 35.9 Å². The number of likely N-dealkylation sites (tertiary alicyclic amines) is 1. The first kappa shape index (κ1) is 14.9. The number of hydrogen-bond acceptors (Lipinski definition) is 3. The van der Waals surface area contributed by atoms with Crippen LogP contribution in [0.5, 0.6) is 0 Å². The van der Waals surface area contributed by atoms with Crippen LogP contribution in [0.15, 0.2) is 30.3 Å². The number of benzene rings is 1. The predicted octanol–water partition coefficient (Wildman–Crippen LogP) is 2.66. The Hall–Kier alpha value is -1.55. The zero-order valence-corrected chi connectivity index (χ0v) is 12.0. The molecule has 0 saturated carbocycles. The van der Waals surface area contributed by atoms with E-state index in [-0.39, 0.29) is 18.6 Å². The molecule has 0 radical (unpaired) electrons. The SMILES string of the molecule is CC(CO)[C@H]1CCCN(C(=O)OCc2ccccc2)C1. The Labute approximate surface area is 120 Å². The molecule has 0 spiro atoms. The molecule has 1 unspecified atom stereocenters. The second-order valence-corrected chi connectivity index (χ2v) is 5.55. The summed E-state index contributed by atoms with van der Waals surface area (Å²) in [6.45, 7) is 3.97. The lowest BCUT2D eigenvalue weighted by atomic mass is 9.87. The lowest BCUT2D eigenvalue weighted by Crippen LogP contribution is -2.42. The number of carbonyl (C=O) groups excluding carboxylic acids is 1. The second kappa shape index (κ2) is 7.29. The average molecular weight is 277 g/mol. The van der Waals surface area contributed by atoms with E-state index in [1.807, 2.05) is 37.3 Å². The van der Waals surface area contributed by atoms with Gasteiger partial charge in [0.15, 0.2) is 0 Å². The minimum atomic E-state index is -0.247. The molecule has 1 heterocycles. The van der Waals surface area contributed by atoms with Crippen molar-refractivity contribution >= 4 is 6.09 Å². The number of aliphatic hydroxyl groups is 1. The van der Waals surface area contributed by atoms with Gasteiger partial charge in [-0.1, -0.05) is 37.3 Å². The van der Waals surface area contributed by atoms with E-state index in [4.69, 9.17) is 4.74 Å². The number of amides is 1. The molecule has 1 amide bonds. The van der Waals surface area contributed by atoms with Crippen molar-refractivity contribution in [1.29, 1.82) is 0 Å². The van der Waals surface area contributed by atoms with E-state index in [9.17, 15) is 9.90 Å². The molecule has 2 atom stereocenters. The second-order valence-electron chi connectivity index (χ2n) is 5.55. The summed E-state index contributed by atoms with van der Waals surface area (Å²) in [5.74, 6) is 0.609. The number of piperidine rings is 1. The van der Waals surface area contributed by atoms with Crippen molar-refractivity contribution in [2.75, 3.05) is 19.7 Å². The van der Waals surface area contributed by atoms with E-state index in [0.717, 1.165) is 24.9 Å². The standard InChI is InChI=1S/C16H23NO3/c1-13(11-18)15-8-5-9-17(10-15)16(19)20-12-14-6-3-2-4-7-14/h2-4,6-7,13,15,18H,5,8-12H2,1H3/t13?,15-/m0/s1. The Morgan fingerprint density at radius 3 is 2.90 bits per heavy atom. The zero-order chi connectivity index (χ0) is 14.4. The molecule has 4 nitrogen and oxygen atoms in total. The molecule has 1 aliphatic heterocycles. The molecule has 1 aliphatic rings. The predicted molar refractivity (Wildman–Crippen MR) is 77.2 cm³/mol. The van der Waals surface area contributed by atoms with Crippen LogP contribution >= 0.6 is 0 Å². The molecule has 4 heteroatoms. The minimum Gasteiger partial charge on any atom is -0.445 e. The smallest absolute Gasteiger partial charge is 0.410 e. The topological polar surface area (TPSA) is 49.8 Å². The van der Waals surface area contributed by atoms with E-state index in [1.165, 1.54) is 0 Å². The van der Waals surface area contributed by atoms with E-state index >= 15 is 0 Å². The summed E-state index contributed by atoms with van der Waals surface area (Å²) in [6.07, 6.45) is 1.81. The fourth-order valence-electron chi connectivity index (χ4n) is 2.60. The number of hydrogen-bond donors (Lipinski definition) is 1. The fourth-order valence-corrected chi connectivity index (χ4v) is 2.60. The van der Waals surface area contributed by atoms with Crippen LogP contribution in [0.25, 0.3) is 0 Å². The molecule has 0 aliphatic carbocycles. The molecule has 1 aromatic rings. The quantitative estimate of drug-likeness (QED) is 0.920. The highest BCUT2D eigenvalue weighted by molar-refractivity contribution is 5.67. The van der Waals surface area contributed by atoms with Crippen molar-refractivity contribution in [2.24, 2.45) is 11.8 Å². The van der Waals surface area contributed by atoms with Crippen molar-refractivity contribution in [3.63, 3.8) is 0 Å². The maximum atomic E-state index is 12.1. The molecule has 110 valence electrons. The average Bonchev–Trinajstić information content (AvgIpc) is 2.53. The third-order valence-corrected chi connectivity index (χ3v) is 4.01. The number of carbonyl (C=O) groups is 1. The Kier molecular flexibility index (Phi) is 5.41. The van der Waals surface area contributed by atoms with Crippen molar-refractivity contribution < 1.29 is 14.6 Å². The van der Waals surface area contributed by atoms with Crippen LogP contribution in [-0.4, -0.2) is 35.8 Å². The van der Waals surface area contributed by atoms with Gasteiger partial charge in [0.1, 0.15) is 6.61 Å². The first-order chi connectivity index (χ1) is 9.70. The number of nitrogens with zero attached hydrogens (tertiary/aromatic N) is 1. The van der Waals surface area contributed by atoms with E-state index < -0.39 is 0 Å². The van der Waals surface area contributed by atoms with Crippen LogP contribution in [0.1, 0.15) is 25.3 Å². The van der Waals surface area contributed by atoms with E-state index in [1.54, 1.807) is 4.90 Å². The number of aliphatic hydroxyl groups excluding tert-OH is 1. The molecule has 0 aromatic heterocycles. The summed E-state index contributed by atoms with van der Waals surface area (Å²) in [5, 5.41) is 9.23. The van der Waals surface area contributed by atoms with Gasteiger partial charge in [-0.05, 0) is 30.2 Å². The van der Waals surface area contributed by atoms with Gasteiger partial charge in [0.25, 0.3) is 0 Å². The van der Waals surface area contributed by atoms with Gasteiger partial charge < -0.3 is 14.7 Å². The lowest BCUT2D eigenvalue weighted by molar-refractivity contribution is 0.0634. The van der Waals surface area contributed by atoms with Crippen LogP contribution < -0.4 is 0 Å². The maximum Gasteiger partial charge on any atom is 0.410 e. The van der Waals surface area contributed by atoms with Crippen LogP contribution in [-0.2, 0) is 11.3 Å². The first-order valence-electron chi connectivity index (χ1n) is 7.27. The fraction of sp³-hybridized carbons (Fsp3) is 0.562. The third kappa shape index (κ3) is 3.97. The van der Waals surface area contributed by atoms with Crippen LogP contribution in [0.4, 0.5) is 4.79 Å². The summed E-state index contributed by atoms with van der Waals surface area (Å²) >= 11 is 0. The largest absolute Gasteiger partial charge is 0.445 e. The summed E-state index contributed by atoms with van der Waals surface area (Å²) in [6, 6.07) is 9.70. The van der Waals surface area contributed by atoms with Gasteiger partial charge >= 0.3 is 6.09 Å². The number of rotatable bonds is 4. The van der Waals surface area contributed by atoms with Crippen LogP contribution in [0.3, 0.4) is 0 Å².